The average Bonchev–Trinajstić information content (AvgIpc) is 3.01. The Morgan fingerprint density at radius 2 is 1.50 bits per heavy atom. The van der Waals surface area contributed by atoms with E-state index in [4.69, 9.17) is 0 Å². The third kappa shape index (κ3) is 4.93. The number of hydrogen-bond donors (Lipinski definition) is 1. The molecule has 0 unspecified atom stereocenters. The lowest BCUT2D eigenvalue weighted by molar-refractivity contribution is 0.0690. The Labute approximate surface area is 177 Å². The Balaban J connectivity index is 1.49. The molecule has 0 spiro atoms. The van der Waals surface area contributed by atoms with E-state index in [9.17, 15) is 9.90 Å². The number of aromatic carboxylic acids is 1. The Bertz CT molecular complexity index is 923. The van der Waals surface area contributed by atoms with E-state index in [-0.39, 0.29) is 11.7 Å². The predicted octanol–water partition coefficient (Wildman–Crippen LogP) is 4.08. The summed E-state index contributed by atoms with van der Waals surface area (Å²) in [7, 11) is 0. The van der Waals surface area contributed by atoms with Gasteiger partial charge in [-0.3, -0.25) is 9.80 Å². The number of nitrogens with zero attached hydrogens (tertiary/aromatic N) is 3. The van der Waals surface area contributed by atoms with E-state index in [1.807, 2.05) is 6.07 Å². The van der Waals surface area contributed by atoms with Gasteiger partial charge in [0.1, 0.15) is 5.69 Å². The van der Waals surface area contributed by atoms with Crippen LogP contribution >= 0.6 is 0 Å². The first-order valence-electron chi connectivity index (χ1n) is 10.5. The highest BCUT2D eigenvalue weighted by molar-refractivity contribution is 5.85. The largest absolute Gasteiger partial charge is 0.477 e. The molecule has 1 aromatic heterocycles. The van der Waals surface area contributed by atoms with E-state index in [0.29, 0.717) is 6.54 Å². The zero-order valence-electron chi connectivity index (χ0n) is 17.0. The number of hydrogen-bond acceptors (Lipinski definition) is 4. The molecule has 1 N–H and O–H groups in total. The second kappa shape index (κ2) is 9.65. The molecule has 30 heavy (non-hydrogen) atoms. The van der Waals surface area contributed by atoms with Crippen molar-refractivity contribution in [1.82, 2.24) is 14.8 Å². The van der Waals surface area contributed by atoms with Crippen LogP contribution in [0.2, 0.25) is 0 Å². The maximum atomic E-state index is 11.2. The van der Waals surface area contributed by atoms with Crippen molar-refractivity contribution in [3.63, 3.8) is 0 Å². The van der Waals surface area contributed by atoms with Crippen molar-refractivity contribution in [1.29, 1.82) is 0 Å². The molecule has 154 valence electrons. The van der Waals surface area contributed by atoms with Gasteiger partial charge >= 0.3 is 5.97 Å². The number of carboxylic acid groups (broad SMARTS) is 1. The summed E-state index contributed by atoms with van der Waals surface area (Å²) >= 11 is 0. The van der Waals surface area contributed by atoms with Crippen molar-refractivity contribution in [3.05, 3.63) is 101 Å². The molecule has 3 aromatic rings. The summed E-state index contributed by atoms with van der Waals surface area (Å²) in [5.41, 5.74) is 3.55. The van der Waals surface area contributed by atoms with Gasteiger partial charge in [0.2, 0.25) is 0 Å². The van der Waals surface area contributed by atoms with E-state index < -0.39 is 5.97 Å². The molecule has 4 rings (SSSR count). The average molecular weight is 402 g/mol. The lowest BCUT2D eigenvalue weighted by atomic mass is 9.97. The molecule has 1 aliphatic rings. The lowest BCUT2D eigenvalue weighted by Gasteiger charge is -2.31. The first kappa shape index (κ1) is 20.3. The van der Waals surface area contributed by atoms with Crippen LogP contribution in [0.5, 0.6) is 0 Å². The van der Waals surface area contributed by atoms with Crippen LogP contribution in [0.25, 0.3) is 0 Å². The standard InChI is InChI=1S/C25H27N3O2/c29-25(30)23-14-7-13-22(26-23)19-27-15-8-16-28(18-17-27)24(20-9-3-1-4-10-20)21-11-5-2-6-12-21/h1-7,9-14,24H,8,15-19H2,(H,29,30). The second-order valence-electron chi connectivity index (χ2n) is 7.71. The van der Waals surface area contributed by atoms with Gasteiger partial charge in [0, 0.05) is 26.2 Å². The van der Waals surface area contributed by atoms with E-state index in [1.165, 1.54) is 11.1 Å². The summed E-state index contributed by atoms with van der Waals surface area (Å²) in [6.45, 7) is 4.55. The van der Waals surface area contributed by atoms with Gasteiger partial charge in [-0.25, -0.2) is 9.78 Å². The van der Waals surface area contributed by atoms with Crippen LogP contribution in [0.15, 0.2) is 78.9 Å². The maximum absolute atomic E-state index is 11.2. The maximum Gasteiger partial charge on any atom is 0.354 e. The molecular formula is C25H27N3O2. The van der Waals surface area contributed by atoms with E-state index in [0.717, 1.165) is 38.3 Å². The quantitative estimate of drug-likeness (QED) is 0.675. The highest BCUT2D eigenvalue weighted by Gasteiger charge is 2.25. The minimum absolute atomic E-state index is 0.108. The van der Waals surface area contributed by atoms with Crippen molar-refractivity contribution in [2.45, 2.75) is 19.0 Å². The molecule has 5 nitrogen and oxygen atoms in total. The third-order valence-electron chi connectivity index (χ3n) is 5.63. The van der Waals surface area contributed by atoms with Crippen LogP contribution in [-0.2, 0) is 6.54 Å². The summed E-state index contributed by atoms with van der Waals surface area (Å²) in [4.78, 5) is 20.4. The van der Waals surface area contributed by atoms with Crippen molar-refractivity contribution in [2.75, 3.05) is 26.2 Å². The minimum Gasteiger partial charge on any atom is -0.477 e. The smallest absolute Gasteiger partial charge is 0.354 e. The van der Waals surface area contributed by atoms with Crippen molar-refractivity contribution < 1.29 is 9.90 Å². The van der Waals surface area contributed by atoms with E-state index in [1.54, 1.807) is 12.1 Å². The van der Waals surface area contributed by atoms with Gasteiger partial charge in [0.25, 0.3) is 0 Å². The van der Waals surface area contributed by atoms with Crippen LogP contribution in [-0.4, -0.2) is 52.0 Å². The highest BCUT2D eigenvalue weighted by atomic mass is 16.4. The zero-order valence-corrected chi connectivity index (χ0v) is 17.0. The first-order chi connectivity index (χ1) is 14.7. The molecule has 1 saturated heterocycles. The molecule has 0 bridgehead atoms. The number of benzene rings is 2. The van der Waals surface area contributed by atoms with Gasteiger partial charge in [-0.05, 0) is 36.2 Å². The van der Waals surface area contributed by atoms with Crippen LogP contribution in [0.1, 0.15) is 39.8 Å². The molecule has 1 fully saturated rings. The Morgan fingerprint density at radius 3 is 2.13 bits per heavy atom. The number of carbonyl (C=O) groups is 1. The summed E-state index contributed by atoms with van der Waals surface area (Å²) in [6.07, 6.45) is 1.06. The fraction of sp³-hybridized carbons (Fsp3) is 0.280. The van der Waals surface area contributed by atoms with Crippen LogP contribution in [0.4, 0.5) is 0 Å². The van der Waals surface area contributed by atoms with E-state index in [2.05, 4.69) is 75.4 Å². The molecule has 0 saturated carbocycles. The summed E-state index contributed by atoms with van der Waals surface area (Å²) in [5, 5.41) is 9.19. The topological polar surface area (TPSA) is 56.7 Å². The van der Waals surface area contributed by atoms with Crippen LogP contribution < -0.4 is 0 Å². The zero-order chi connectivity index (χ0) is 20.8. The van der Waals surface area contributed by atoms with Crippen molar-refractivity contribution >= 4 is 5.97 Å². The summed E-state index contributed by atoms with van der Waals surface area (Å²) in [6, 6.07) is 26.9. The monoisotopic (exact) mass is 401 g/mol. The summed E-state index contributed by atoms with van der Waals surface area (Å²) in [5.74, 6) is -0.979. The fourth-order valence-corrected chi connectivity index (χ4v) is 4.21. The second-order valence-corrected chi connectivity index (χ2v) is 7.71. The number of rotatable bonds is 6. The molecule has 0 aliphatic carbocycles. The number of pyridine rings is 1. The first-order valence-corrected chi connectivity index (χ1v) is 10.5. The number of aromatic nitrogens is 1. The fourth-order valence-electron chi connectivity index (χ4n) is 4.21. The van der Waals surface area contributed by atoms with Gasteiger partial charge in [0.05, 0.1) is 11.7 Å². The Morgan fingerprint density at radius 1 is 0.833 bits per heavy atom. The molecular weight excluding hydrogens is 374 g/mol. The molecule has 2 heterocycles. The molecule has 1 aliphatic heterocycles. The SMILES string of the molecule is O=C(O)c1cccc(CN2CCCN(C(c3ccccc3)c3ccccc3)CC2)n1. The van der Waals surface area contributed by atoms with Gasteiger partial charge in [-0.2, -0.15) is 0 Å². The van der Waals surface area contributed by atoms with Gasteiger partial charge < -0.3 is 5.11 Å². The van der Waals surface area contributed by atoms with Gasteiger partial charge in [-0.15, -0.1) is 0 Å². The van der Waals surface area contributed by atoms with Crippen molar-refractivity contribution in [2.24, 2.45) is 0 Å². The highest BCUT2D eigenvalue weighted by Crippen LogP contribution is 2.29. The lowest BCUT2D eigenvalue weighted by Crippen LogP contribution is -2.34. The Hall–Kier alpha value is -3.02. The third-order valence-corrected chi connectivity index (χ3v) is 5.63. The van der Waals surface area contributed by atoms with E-state index >= 15 is 0 Å². The molecule has 0 atom stereocenters. The summed E-state index contributed by atoms with van der Waals surface area (Å²) < 4.78 is 0. The Kier molecular flexibility index (Phi) is 6.52. The van der Waals surface area contributed by atoms with Gasteiger partial charge in [-0.1, -0.05) is 66.7 Å². The molecule has 0 radical (unpaired) electrons. The van der Waals surface area contributed by atoms with Crippen LogP contribution in [0.3, 0.4) is 0 Å². The molecule has 5 heteroatoms. The van der Waals surface area contributed by atoms with Crippen molar-refractivity contribution in [3.8, 4) is 0 Å². The number of carboxylic acids is 1. The molecule has 0 amide bonds. The van der Waals surface area contributed by atoms with Crippen LogP contribution in [0, 0.1) is 0 Å². The van der Waals surface area contributed by atoms with Gasteiger partial charge in [0.15, 0.2) is 0 Å². The molecule has 2 aromatic carbocycles. The predicted molar refractivity (Wildman–Crippen MR) is 117 cm³/mol. The normalized spacial score (nSPS) is 15.8. The minimum atomic E-state index is -0.979.